The topological polar surface area (TPSA) is 82.8 Å². The van der Waals surface area contributed by atoms with Crippen LogP contribution < -0.4 is 5.32 Å². The standard InChI is InChI=1S/C28H32BF5N4O3/c30-14-17-15-37(16-17)11-10-35-20-7-4-18(5-8-20)24(25(29(39)40)26(31)27(32)33)19-6-9-22-21(13-19)28(34)36-38(22)23-3-1-2-12-41-23/h4-9,13,17,23,26-27,35,39-40H,1-3,10-12,14-16H2. The smallest absolute Gasteiger partial charge is 0.423 e. The van der Waals surface area contributed by atoms with Gasteiger partial charge in [-0.2, -0.15) is 4.39 Å². The summed E-state index contributed by atoms with van der Waals surface area (Å²) in [4.78, 5) is 2.12. The molecular formula is C28H32BF5N4O3. The summed E-state index contributed by atoms with van der Waals surface area (Å²) >= 11 is 0. The SMILES string of the molecule is OB(O)C(=C(c1ccc(NCCN2CC(CF)C2)cc1)c1ccc2c(c1)c(F)nn2C1CCCCO1)C(F)C(F)F. The van der Waals surface area contributed by atoms with E-state index in [4.69, 9.17) is 4.74 Å². The highest BCUT2D eigenvalue weighted by Gasteiger charge is 2.35. The summed E-state index contributed by atoms with van der Waals surface area (Å²) in [5, 5.41) is 27.3. The van der Waals surface area contributed by atoms with Gasteiger partial charge in [0.1, 0.15) is 0 Å². The van der Waals surface area contributed by atoms with Crippen LogP contribution >= 0.6 is 0 Å². The van der Waals surface area contributed by atoms with Crippen LogP contribution in [0.5, 0.6) is 0 Å². The van der Waals surface area contributed by atoms with Gasteiger partial charge in [-0.05, 0) is 60.2 Å². The number of likely N-dealkylation sites (tertiary alicyclic amines) is 1. The molecule has 0 amide bonds. The summed E-state index contributed by atoms with van der Waals surface area (Å²) in [6.07, 6.45) is -4.51. The van der Waals surface area contributed by atoms with Crippen LogP contribution in [-0.2, 0) is 4.74 Å². The second-order valence-electron chi connectivity index (χ2n) is 10.5. The minimum Gasteiger partial charge on any atom is -0.423 e. The zero-order valence-corrected chi connectivity index (χ0v) is 22.3. The third-order valence-electron chi connectivity index (χ3n) is 7.65. The number of ether oxygens (including phenoxy) is 1. The summed E-state index contributed by atoms with van der Waals surface area (Å²) in [7, 11) is -2.53. The molecule has 1 aromatic heterocycles. The first kappa shape index (κ1) is 29.5. The van der Waals surface area contributed by atoms with Crippen LogP contribution in [0.25, 0.3) is 16.5 Å². The molecule has 2 atom stereocenters. The predicted octanol–water partition coefficient (Wildman–Crippen LogP) is 4.60. The first-order valence-electron chi connectivity index (χ1n) is 13.7. The van der Waals surface area contributed by atoms with Crippen LogP contribution in [-0.4, -0.2) is 83.9 Å². The zero-order chi connectivity index (χ0) is 29.1. The Bertz CT molecular complexity index is 1360. The molecule has 3 heterocycles. The molecule has 2 aliphatic heterocycles. The van der Waals surface area contributed by atoms with Crippen LogP contribution in [0.2, 0.25) is 0 Å². The average Bonchev–Trinajstić information content (AvgIpc) is 3.28. The van der Waals surface area contributed by atoms with E-state index in [9.17, 15) is 27.6 Å². The van der Waals surface area contributed by atoms with Gasteiger partial charge in [0.05, 0.1) is 17.6 Å². The van der Waals surface area contributed by atoms with E-state index >= 15 is 4.39 Å². The second-order valence-corrected chi connectivity index (χ2v) is 10.5. The number of benzene rings is 2. The highest BCUT2D eigenvalue weighted by molar-refractivity contribution is 6.53. The van der Waals surface area contributed by atoms with E-state index in [0.717, 1.165) is 12.8 Å². The van der Waals surface area contributed by atoms with Gasteiger partial charge in [0.15, 0.2) is 12.4 Å². The van der Waals surface area contributed by atoms with Gasteiger partial charge in [0, 0.05) is 49.9 Å². The normalized spacial score (nSPS) is 19.8. The Labute approximate surface area is 234 Å². The molecule has 0 aliphatic carbocycles. The van der Waals surface area contributed by atoms with E-state index in [1.165, 1.54) is 22.9 Å². The molecule has 5 rings (SSSR count). The summed E-state index contributed by atoms with van der Waals surface area (Å²) < 4.78 is 76.8. The average molecular weight is 578 g/mol. The summed E-state index contributed by atoms with van der Waals surface area (Å²) in [6, 6.07) is 10.8. The largest absolute Gasteiger partial charge is 0.488 e. The number of nitrogens with one attached hydrogen (secondary N) is 1. The molecule has 0 radical (unpaired) electrons. The number of anilines is 1. The maximum Gasteiger partial charge on any atom is 0.488 e. The lowest BCUT2D eigenvalue weighted by atomic mass is 9.70. The minimum absolute atomic E-state index is 0.0627. The molecule has 7 nitrogen and oxygen atoms in total. The first-order valence-corrected chi connectivity index (χ1v) is 13.7. The molecule has 2 saturated heterocycles. The quantitative estimate of drug-likeness (QED) is 0.228. The molecule has 0 spiro atoms. The lowest BCUT2D eigenvalue weighted by Gasteiger charge is -2.37. The number of rotatable bonds is 11. The number of allylic oxidation sites excluding steroid dienone is 1. The monoisotopic (exact) mass is 578 g/mol. The van der Waals surface area contributed by atoms with Crippen LogP contribution in [0, 0.1) is 11.9 Å². The Morgan fingerprint density at radius 2 is 1.80 bits per heavy atom. The lowest BCUT2D eigenvalue weighted by molar-refractivity contribution is -0.0375. The highest BCUT2D eigenvalue weighted by atomic mass is 19.3. The van der Waals surface area contributed by atoms with Crippen molar-refractivity contribution < 1.29 is 36.7 Å². The molecular weight excluding hydrogens is 546 g/mol. The van der Waals surface area contributed by atoms with Crippen molar-refractivity contribution in [3.8, 4) is 0 Å². The number of hydrogen-bond acceptors (Lipinski definition) is 6. The van der Waals surface area contributed by atoms with Gasteiger partial charge < -0.3 is 25.0 Å². The molecule has 0 saturated carbocycles. The number of halogens is 5. The molecule has 0 bridgehead atoms. The van der Waals surface area contributed by atoms with Crippen molar-refractivity contribution in [1.82, 2.24) is 14.7 Å². The Balaban J connectivity index is 1.47. The lowest BCUT2D eigenvalue weighted by Crippen LogP contribution is -2.49. The van der Waals surface area contributed by atoms with E-state index in [-0.39, 0.29) is 34.7 Å². The molecule has 2 aromatic carbocycles. The maximum atomic E-state index is 15.0. The van der Waals surface area contributed by atoms with E-state index in [0.29, 0.717) is 50.4 Å². The molecule has 13 heteroatoms. The van der Waals surface area contributed by atoms with Crippen molar-refractivity contribution in [2.24, 2.45) is 5.92 Å². The van der Waals surface area contributed by atoms with E-state index < -0.39 is 37.4 Å². The van der Waals surface area contributed by atoms with Gasteiger partial charge in [-0.3, -0.25) is 4.39 Å². The third kappa shape index (κ3) is 6.43. The fourth-order valence-corrected chi connectivity index (χ4v) is 5.51. The van der Waals surface area contributed by atoms with Crippen LogP contribution in [0.3, 0.4) is 0 Å². The maximum absolute atomic E-state index is 15.0. The number of alkyl halides is 4. The highest BCUT2D eigenvalue weighted by Crippen LogP contribution is 2.36. The van der Waals surface area contributed by atoms with Crippen LogP contribution in [0.4, 0.5) is 27.6 Å². The molecule has 3 N–H and O–H groups in total. The Hall–Kier alpha value is -3.00. The van der Waals surface area contributed by atoms with E-state index in [1.54, 1.807) is 24.3 Å². The van der Waals surface area contributed by atoms with Gasteiger partial charge in [0.25, 0.3) is 6.43 Å². The second kappa shape index (κ2) is 12.9. The fourth-order valence-electron chi connectivity index (χ4n) is 5.51. The van der Waals surface area contributed by atoms with Gasteiger partial charge in [0.2, 0.25) is 5.95 Å². The molecule has 220 valence electrons. The molecule has 3 aromatic rings. The number of fused-ring (bicyclic) bond motifs is 1. The summed E-state index contributed by atoms with van der Waals surface area (Å²) in [5.74, 6) is -0.725. The first-order chi connectivity index (χ1) is 19.8. The minimum atomic E-state index is -3.52. The molecule has 41 heavy (non-hydrogen) atoms. The predicted molar refractivity (Wildman–Crippen MR) is 146 cm³/mol. The van der Waals surface area contributed by atoms with Crippen LogP contribution in [0.15, 0.2) is 47.9 Å². The van der Waals surface area contributed by atoms with Gasteiger partial charge in [-0.15, -0.1) is 5.10 Å². The van der Waals surface area contributed by atoms with Crippen LogP contribution in [0.1, 0.15) is 36.6 Å². The fraction of sp³-hybridized carbons (Fsp3) is 0.464. The van der Waals surface area contributed by atoms with E-state index in [1.807, 2.05) is 0 Å². The molecule has 2 unspecified atom stereocenters. The van der Waals surface area contributed by atoms with Gasteiger partial charge >= 0.3 is 7.12 Å². The number of nitrogens with zero attached hydrogens (tertiary/aromatic N) is 3. The third-order valence-corrected chi connectivity index (χ3v) is 7.65. The van der Waals surface area contributed by atoms with Crippen molar-refractivity contribution >= 4 is 29.3 Å². The zero-order valence-electron chi connectivity index (χ0n) is 22.3. The number of aromatic nitrogens is 2. The van der Waals surface area contributed by atoms with Crippen molar-refractivity contribution in [2.45, 2.75) is 38.1 Å². The Kier molecular flexibility index (Phi) is 9.27. The van der Waals surface area contributed by atoms with Crippen molar-refractivity contribution in [2.75, 3.05) is 44.8 Å². The van der Waals surface area contributed by atoms with Crippen molar-refractivity contribution in [3.63, 3.8) is 0 Å². The molecule has 2 aliphatic rings. The van der Waals surface area contributed by atoms with E-state index in [2.05, 4.69) is 15.3 Å². The number of hydrogen-bond donors (Lipinski definition) is 3. The van der Waals surface area contributed by atoms with Crippen molar-refractivity contribution in [1.29, 1.82) is 0 Å². The summed E-state index contributed by atoms with van der Waals surface area (Å²) in [6.45, 7) is 2.92. The van der Waals surface area contributed by atoms with Gasteiger partial charge in [-0.25, -0.2) is 17.9 Å². The summed E-state index contributed by atoms with van der Waals surface area (Å²) in [5.41, 5.74) is 0.353. The Morgan fingerprint density at radius 3 is 2.44 bits per heavy atom. The van der Waals surface area contributed by atoms with Crippen molar-refractivity contribution in [3.05, 3.63) is 65.0 Å². The molecule has 2 fully saturated rings. The van der Waals surface area contributed by atoms with Gasteiger partial charge in [-0.1, -0.05) is 18.2 Å². The Morgan fingerprint density at radius 1 is 1.07 bits per heavy atom.